The van der Waals surface area contributed by atoms with Gasteiger partial charge in [0.25, 0.3) is 5.91 Å². The van der Waals surface area contributed by atoms with E-state index < -0.39 is 5.91 Å². The number of hydrogen-bond donors (Lipinski definition) is 2. The van der Waals surface area contributed by atoms with E-state index in [9.17, 15) is 10.1 Å². The Morgan fingerprint density at radius 2 is 1.74 bits per heavy atom. The van der Waals surface area contributed by atoms with Gasteiger partial charge >= 0.3 is 0 Å². The fraction of sp³-hybridized carbons (Fsp3) is 0.200. The minimum absolute atomic E-state index is 0.101. The van der Waals surface area contributed by atoms with Crippen LogP contribution < -0.4 is 24.8 Å². The first-order chi connectivity index (χ1) is 13.0. The number of aryl methyl sites for hydroxylation is 1. The number of methoxy groups -OCH3 is 3. The highest BCUT2D eigenvalue weighted by Crippen LogP contribution is 2.29. The summed E-state index contributed by atoms with van der Waals surface area (Å²) in [7, 11) is 4.59. The van der Waals surface area contributed by atoms with Crippen molar-refractivity contribution in [2.45, 2.75) is 6.92 Å². The van der Waals surface area contributed by atoms with Crippen LogP contribution in [0.5, 0.6) is 17.2 Å². The molecule has 0 aliphatic heterocycles. The van der Waals surface area contributed by atoms with E-state index in [1.165, 1.54) is 20.4 Å². The van der Waals surface area contributed by atoms with Gasteiger partial charge in [-0.1, -0.05) is 6.07 Å². The fourth-order valence-electron chi connectivity index (χ4n) is 2.33. The largest absolute Gasteiger partial charge is 0.497 e. The van der Waals surface area contributed by atoms with Gasteiger partial charge in [0, 0.05) is 12.3 Å². The first kappa shape index (κ1) is 19.7. The van der Waals surface area contributed by atoms with Crippen molar-refractivity contribution in [1.82, 2.24) is 0 Å². The summed E-state index contributed by atoms with van der Waals surface area (Å²) in [4.78, 5) is 12.5. The van der Waals surface area contributed by atoms with E-state index in [1.807, 2.05) is 19.1 Å². The zero-order chi connectivity index (χ0) is 19.8. The lowest BCUT2D eigenvalue weighted by atomic mass is 10.2. The van der Waals surface area contributed by atoms with E-state index in [1.54, 1.807) is 37.4 Å². The van der Waals surface area contributed by atoms with Gasteiger partial charge in [0.05, 0.1) is 32.7 Å². The van der Waals surface area contributed by atoms with Crippen LogP contribution in [0.3, 0.4) is 0 Å². The second-order valence-corrected chi connectivity index (χ2v) is 5.54. The van der Waals surface area contributed by atoms with Crippen molar-refractivity contribution < 1.29 is 19.0 Å². The molecule has 2 N–H and O–H groups in total. The Morgan fingerprint density at radius 1 is 1.00 bits per heavy atom. The molecule has 2 aromatic carbocycles. The van der Waals surface area contributed by atoms with Crippen molar-refractivity contribution in [2.75, 3.05) is 32.0 Å². The van der Waals surface area contributed by atoms with E-state index in [2.05, 4.69) is 10.6 Å². The van der Waals surface area contributed by atoms with E-state index in [4.69, 9.17) is 14.2 Å². The number of anilines is 2. The summed E-state index contributed by atoms with van der Waals surface area (Å²) < 4.78 is 15.7. The van der Waals surface area contributed by atoms with Gasteiger partial charge in [-0.25, -0.2) is 0 Å². The predicted octanol–water partition coefficient (Wildman–Crippen LogP) is 3.48. The summed E-state index contributed by atoms with van der Waals surface area (Å²) in [5, 5.41) is 14.9. The molecule has 2 rings (SSSR count). The molecule has 0 aliphatic carbocycles. The number of nitriles is 1. The van der Waals surface area contributed by atoms with Gasteiger partial charge in [-0.2, -0.15) is 5.26 Å². The van der Waals surface area contributed by atoms with E-state index in [-0.39, 0.29) is 5.57 Å². The summed E-state index contributed by atoms with van der Waals surface area (Å²) in [5.74, 6) is 1.10. The number of nitrogens with one attached hydrogen (secondary N) is 2. The summed E-state index contributed by atoms with van der Waals surface area (Å²) in [5.41, 5.74) is 1.93. The maximum atomic E-state index is 12.5. The van der Waals surface area contributed by atoms with Crippen LogP contribution in [0.25, 0.3) is 0 Å². The minimum atomic E-state index is -0.554. The Hall–Kier alpha value is -3.66. The number of rotatable bonds is 7. The molecule has 2 aromatic rings. The second kappa shape index (κ2) is 9.15. The molecule has 140 valence electrons. The highest BCUT2D eigenvalue weighted by Gasteiger charge is 2.13. The third-order valence-electron chi connectivity index (χ3n) is 3.75. The van der Waals surface area contributed by atoms with Crippen LogP contribution in [0.4, 0.5) is 11.4 Å². The molecule has 7 heteroatoms. The van der Waals surface area contributed by atoms with Gasteiger partial charge < -0.3 is 24.8 Å². The van der Waals surface area contributed by atoms with Gasteiger partial charge in [-0.3, -0.25) is 4.79 Å². The van der Waals surface area contributed by atoms with Crippen LogP contribution in [0, 0.1) is 18.3 Å². The Balaban J connectivity index is 2.20. The maximum Gasteiger partial charge on any atom is 0.267 e. The molecule has 0 radical (unpaired) electrons. The molecule has 27 heavy (non-hydrogen) atoms. The number of ether oxygens (including phenoxy) is 3. The van der Waals surface area contributed by atoms with Crippen LogP contribution in [-0.4, -0.2) is 27.2 Å². The van der Waals surface area contributed by atoms with Crippen LogP contribution in [0.2, 0.25) is 0 Å². The number of amides is 1. The highest BCUT2D eigenvalue weighted by molar-refractivity contribution is 6.07. The van der Waals surface area contributed by atoms with Gasteiger partial charge in [0.15, 0.2) is 0 Å². The van der Waals surface area contributed by atoms with Crippen molar-refractivity contribution in [1.29, 1.82) is 5.26 Å². The quantitative estimate of drug-likeness (QED) is 0.575. The average Bonchev–Trinajstić information content (AvgIpc) is 2.68. The molecule has 0 aliphatic rings. The lowest BCUT2D eigenvalue weighted by Crippen LogP contribution is -2.15. The number of carbonyl (C=O) groups excluding carboxylic acids is 1. The van der Waals surface area contributed by atoms with Crippen LogP contribution in [0.1, 0.15) is 5.56 Å². The van der Waals surface area contributed by atoms with Crippen LogP contribution in [-0.2, 0) is 4.79 Å². The third-order valence-corrected chi connectivity index (χ3v) is 3.75. The lowest BCUT2D eigenvalue weighted by molar-refractivity contribution is -0.112. The average molecular weight is 367 g/mol. The number of nitrogens with zero attached hydrogens (tertiary/aromatic N) is 1. The molecule has 7 nitrogen and oxygen atoms in total. The lowest BCUT2D eigenvalue weighted by Gasteiger charge is -2.12. The molecule has 1 amide bonds. The Bertz CT molecular complexity index is 901. The van der Waals surface area contributed by atoms with Crippen LogP contribution in [0.15, 0.2) is 48.2 Å². The Labute approximate surface area is 158 Å². The Kier molecular flexibility index (Phi) is 6.67. The summed E-state index contributed by atoms with van der Waals surface area (Å²) in [6, 6.07) is 12.4. The van der Waals surface area contributed by atoms with Crippen LogP contribution >= 0.6 is 0 Å². The van der Waals surface area contributed by atoms with Gasteiger partial charge in [0.2, 0.25) is 0 Å². The van der Waals surface area contributed by atoms with Crippen molar-refractivity contribution in [2.24, 2.45) is 0 Å². The fourth-order valence-corrected chi connectivity index (χ4v) is 2.33. The maximum absolute atomic E-state index is 12.5. The molecule has 0 bridgehead atoms. The van der Waals surface area contributed by atoms with Crippen molar-refractivity contribution in [3.05, 3.63) is 53.7 Å². The Morgan fingerprint density at radius 3 is 2.37 bits per heavy atom. The molecule has 0 saturated carbocycles. The predicted molar refractivity (Wildman–Crippen MR) is 103 cm³/mol. The first-order valence-corrected chi connectivity index (χ1v) is 8.07. The monoisotopic (exact) mass is 367 g/mol. The summed E-state index contributed by atoms with van der Waals surface area (Å²) in [6.07, 6.45) is 1.32. The molecular weight excluding hydrogens is 346 g/mol. The summed E-state index contributed by atoms with van der Waals surface area (Å²) >= 11 is 0. The molecule has 0 spiro atoms. The second-order valence-electron chi connectivity index (χ2n) is 5.54. The first-order valence-electron chi connectivity index (χ1n) is 8.07. The zero-order valence-corrected chi connectivity index (χ0v) is 15.6. The van der Waals surface area contributed by atoms with Crippen molar-refractivity contribution >= 4 is 17.3 Å². The topological polar surface area (TPSA) is 92.6 Å². The molecule has 0 aromatic heterocycles. The highest BCUT2D eigenvalue weighted by atomic mass is 16.5. The SMILES string of the molecule is COc1ccc(N/C=C(/C#N)C(=O)Nc2cc(C)ccc2OC)c(OC)c1. The molecule has 0 saturated heterocycles. The zero-order valence-electron chi connectivity index (χ0n) is 15.6. The van der Waals surface area contributed by atoms with Crippen molar-refractivity contribution in [3.63, 3.8) is 0 Å². The van der Waals surface area contributed by atoms with Gasteiger partial charge in [-0.05, 0) is 36.8 Å². The molecule has 0 heterocycles. The number of carbonyl (C=O) groups is 1. The van der Waals surface area contributed by atoms with E-state index in [0.29, 0.717) is 28.6 Å². The van der Waals surface area contributed by atoms with E-state index >= 15 is 0 Å². The standard InChI is InChI=1S/C20H21N3O4/c1-13-5-8-18(26-3)17(9-13)23-20(24)14(11-21)12-22-16-7-6-15(25-2)10-19(16)27-4/h5-10,12,22H,1-4H3,(H,23,24)/b14-12-. The molecular formula is C20H21N3O4. The minimum Gasteiger partial charge on any atom is -0.497 e. The smallest absolute Gasteiger partial charge is 0.267 e. The van der Waals surface area contributed by atoms with Gasteiger partial charge in [0.1, 0.15) is 28.9 Å². The van der Waals surface area contributed by atoms with Gasteiger partial charge in [-0.15, -0.1) is 0 Å². The molecule has 0 atom stereocenters. The summed E-state index contributed by atoms with van der Waals surface area (Å²) in [6.45, 7) is 1.90. The molecule has 0 unspecified atom stereocenters. The van der Waals surface area contributed by atoms with E-state index in [0.717, 1.165) is 5.56 Å². The molecule has 0 fully saturated rings. The number of hydrogen-bond acceptors (Lipinski definition) is 6. The van der Waals surface area contributed by atoms with Crippen molar-refractivity contribution in [3.8, 4) is 23.3 Å². The number of benzene rings is 2. The third kappa shape index (κ3) is 4.92. The normalized spacial score (nSPS) is 10.6.